The molecule has 0 spiro atoms. The minimum absolute atomic E-state index is 0.0966. The Hall–Kier alpha value is -2.21. The first-order valence-corrected chi connectivity index (χ1v) is 6.69. The molecule has 2 heterocycles. The number of nitrogens with zero attached hydrogens (tertiary/aromatic N) is 1. The Labute approximate surface area is 119 Å². The van der Waals surface area contributed by atoms with Gasteiger partial charge in [-0.1, -0.05) is 18.2 Å². The number of hydrogen-bond donors (Lipinski definition) is 1. The average Bonchev–Trinajstić information content (AvgIpc) is 2.87. The highest BCUT2D eigenvalue weighted by Crippen LogP contribution is 2.23. The topological polar surface area (TPSA) is 70.8 Å². The van der Waals surface area contributed by atoms with Gasteiger partial charge in [0.1, 0.15) is 6.17 Å². The summed E-state index contributed by atoms with van der Waals surface area (Å²) in [5, 5.41) is 10.2. The van der Waals surface area contributed by atoms with Gasteiger partial charge in [0.2, 0.25) is 0 Å². The maximum absolute atomic E-state index is 13.4. The monoisotopic (exact) mass is 291 g/mol. The van der Waals surface area contributed by atoms with E-state index in [1.807, 2.05) is 0 Å². The number of amides is 1. The molecule has 0 saturated carbocycles. The van der Waals surface area contributed by atoms with Crippen LogP contribution in [0, 0.1) is 0 Å². The van der Waals surface area contributed by atoms with Gasteiger partial charge in [0.15, 0.2) is 5.76 Å². The minimum Gasteiger partial charge on any atom is -0.417 e. The first-order valence-electron chi connectivity index (χ1n) is 6.69. The van der Waals surface area contributed by atoms with E-state index >= 15 is 0 Å². The standard InChI is InChI=1S/C15H14FNO4/c16-10-6-11(8-18)17(7-10)14(19)13-5-9-3-1-2-4-12(9)15(20)21-13/h1-5,10-11,18H,6-8H2/t10-,11-/m0/s1. The first-order chi connectivity index (χ1) is 10.1. The molecule has 1 amide bonds. The molecule has 5 nitrogen and oxygen atoms in total. The van der Waals surface area contributed by atoms with Gasteiger partial charge in [-0.05, 0) is 17.5 Å². The fourth-order valence-electron chi connectivity index (χ4n) is 2.66. The number of carbonyl (C=O) groups excluding carboxylic acids is 1. The average molecular weight is 291 g/mol. The molecule has 1 aliphatic rings. The number of carbonyl (C=O) groups is 1. The van der Waals surface area contributed by atoms with E-state index in [1.54, 1.807) is 24.3 Å². The third-order valence-electron chi connectivity index (χ3n) is 3.72. The maximum Gasteiger partial charge on any atom is 0.344 e. The Morgan fingerprint density at radius 2 is 2.19 bits per heavy atom. The van der Waals surface area contributed by atoms with Crippen LogP contribution in [-0.2, 0) is 0 Å². The molecule has 1 aromatic heterocycles. The molecule has 1 saturated heterocycles. The number of aliphatic hydroxyl groups excluding tert-OH is 1. The van der Waals surface area contributed by atoms with Gasteiger partial charge >= 0.3 is 5.63 Å². The smallest absolute Gasteiger partial charge is 0.344 e. The third kappa shape index (κ3) is 2.42. The first kappa shape index (κ1) is 13.8. The summed E-state index contributed by atoms with van der Waals surface area (Å²) < 4.78 is 18.5. The summed E-state index contributed by atoms with van der Waals surface area (Å²) in [4.78, 5) is 25.5. The second-order valence-corrected chi connectivity index (χ2v) is 5.11. The number of fused-ring (bicyclic) bond motifs is 1. The Morgan fingerprint density at radius 3 is 2.95 bits per heavy atom. The fourth-order valence-corrected chi connectivity index (χ4v) is 2.66. The van der Waals surface area contributed by atoms with Gasteiger partial charge in [-0.2, -0.15) is 0 Å². The van der Waals surface area contributed by atoms with Crippen LogP contribution in [0.1, 0.15) is 17.0 Å². The van der Waals surface area contributed by atoms with Crippen LogP contribution in [-0.4, -0.2) is 41.3 Å². The minimum atomic E-state index is -1.17. The predicted molar refractivity (Wildman–Crippen MR) is 73.9 cm³/mol. The maximum atomic E-state index is 13.4. The van der Waals surface area contributed by atoms with Crippen LogP contribution in [0.4, 0.5) is 4.39 Å². The number of benzene rings is 1. The van der Waals surface area contributed by atoms with E-state index in [-0.39, 0.29) is 25.3 Å². The molecular formula is C15H14FNO4. The van der Waals surface area contributed by atoms with Gasteiger partial charge in [-0.15, -0.1) is 0 Å². The van der Waals surface area contributed by atoms with Crippen LogP contribution >= 0.6 is 0 Å². The van der Waals surface area contributed by atoms with Crippen molar-refractivity contribution in [2.45, 2.75) is 18.6 Å². The number of alkyl halides is 1. The summed E-state index contributed by atoms with van der Waals surface area (Å²) in [5.74, 6) is -0.705. The van der Waals surface area contributed by atoms with E-state index in [2.05, 4.69) is 0 Å². The molecular weight excluding hydrogens is 277 g/mol. The summed E-state index contributed by atoms with van der Waals surface area (Å²) in [6.07, 6.45) is -1.07. The Balaban J connectivity index is 2.00. The molecule has 0 unspecified atom stereocenters. The van der Waals surface area contributed by atoms with Gasteiger partial charge in [0, 0.05) is 6.42 Å². The highest BCUT2D eigenvalue weighted by molar-refractivity contribution is 5.95. The van der Waals surface area contributed by atoms with E-state index in [4.69, 9.17) is 4.42 Å². The van der Waals surface area contributed by atoms with Crippen LogP contribution < -0.4 is 5.63 Å². The van der Waals surface area contributed by atoms with E-state index in [0.717, 1.165) is 0 Å². The number of rotatable bonds is 2. The van der Waals surface area contributed by atoms with Crippen LogP contribution in [0.2, 0.25) is 0 Å². The molecule has 0 bridgehead atoms. The highest BCUT2D eigenvalue weighted by Gasteiger charge is 2.36. The van der Waals surface area contributed by atoms with Crippen molar-refractivity contribution in [2.24, 2.45) is 0 Å². The lowest BCUT2D eigenvalue weighted by molar-refractivity contribution is 0.0637. The quantitative estimate of drug-likeness (QED) is 0.906. The number of halogens is 1. The van der Waals surface area contributed by atoms with Crippen LogP contribution in [0.5, 0.6) is 0 Å². The van der Waals surface area contributed by atoms with Crippen LogP contribution in [0.3, 0.4) is 0 Å². The van der Waals surface area contributed by atoms with Crippen molar-refractivity contribution < 1.29 is 18.7 Å². The van der Waals surface area contributed by atoms with Crippen molar-refractivity contribution in [1.82, 2.24) is 4.90 Å². The van der Waals surface area contributed by atoms with Crippen molar-refractivity contribution in [2.75, 3.05) is 13.2 Å². The lowest BCUT2D eigenvalue weighted by Gasteiger charge is -2.21. The predicted octanol–water partition coefficient (Wildman–Crippen LogP) is 1.34. The molecule has 3 rings (SSSR count). The van der Waals surface area contributed by atoms with E-state index in [1.165, 1.54) is 11.0 Å². The van der Waals surface area contributed by atoms with Crippen molar-refractivity contribution in [3.05, 3.63) is 46.5 Å². The lowest BCUT2D eigenvalue weighted by atomic mass is 10.1. The summed E-state index contributed by atoms with van der Waals surface area (Å²) in [6, 6.07) is 7.66. The number of likely N-dealkylation sites (tertiary alicyclic amines) is 1. The molecule has 21 heavy (non-hydrogen) atoms. The molecule has 1 fully saturated rings. The third-order valence-corrected chi connectivity index (χ3v) is 3.72. The van der Waals surface area contributed by atoms with Gasteiger partial charge in [-0.25, -0.2) is 9.18 Å². The van der Waals surface area contributed by atoms with Gasteiger partial charge in [-0.3, -0.25) is 4.79 Å². The molecule has 2 aromatic rings. The van der Waals surface area contributed by atoms with E-state index < -0.39 is 23.7 Å². The molecule has 6 heteroatoms. The molecule has 2 atom stereocenters. The zero-order valence-electron chi connectivity index (χ0n) is 11.2. The molecule has 0 radical (unpaired) electrons. The van der Waals surface area contributed by atoms with Crippen molar-refractivity contribution in [1.29, 1.82) is 0 Å². The zero-order chi connectivity index (χ0) is 15.0. The zero-order valence-corrected chi connectivity index (χ0v) is 11.2. The fraction of sp³-hybridized carbons (Fsp3) is 0.333. The number of hydrogen-bond acceptors (Lipinski definition) is 4. The number of aliphatic hydroxyl groups is 1. The van der Waals surface area contributed by atoms with Crippen LogP contribution in [0.25, 0.3) is 10.8 Å². The Morgan fingerprint density at radius 1 is 1.43 bits per heavy atom. The van der Waals surface area contributed by atoms with Crippen molar-refractivity contribution in [3.8, 4) is 0 Å². The second kappa shape index (κ2) is 5.29. The normalized spacial score (nSPS) is 21.9. The Bertz CT molecular complexity index is 742. The van der Waals surface area contributed by atoms with Crippen molar-refractivity contribution >= 4 is 16.7 Å². The largest absolute Gasteiger partial charge is 0.417 e. The summed E-state index contributed by atoms with van der Waals surface area (Å²) in [5.41, 5.74) is -0.604. The molecule has 1 aliphatic heterocycles. The summed E-state index contributed by atoms with van der Waals surface area (Å²) in [6.45, 7) is -0.412. The summed E-state index contributed by atoms with van der Waals surface area (Å²) in [7, 11) is 0. The van der Waals surface area contributed by atoms with Crippen LogP contribution in [0.15, 0.2) is 39.5 Å². The highest BCUT2D eigenvalue weighted by atomic mass is 19.1. The lowest BCUT2D eigenvalue weighted by Crippen LogP contribution is -2.38. The molecule has 0 aliphatic carbocycles. The van der Waals surface area contributed by atoms with Gasteiger partial charge in [0.05, 0.1) is 24.6 Å². The Kier molecular flexibility index (Phi) is 3.47. The van der Waals surface area contributed by atoms with E-state index in [9.17, 15) is 19.1 Å². The summed E-state index contributed by atoms with van der Waals surface area (Å²) >= 11 is 0. The van der Waals surface area contributed by atoms with Crippen molar-refractivity contribution in [3.63, 3.8) is 0 Å². The second-order valence-electron chi connectivity index (χ2n) is 5.11. The molecule has 110 valence electrons. The molecule has 1 aromatic carbocycles. The SMILES string of the molecule is O=C(c1cc2ccccc2c(=O)o1)N1C[C@@H](F)C[C@H]1CO. The van der Waals surface area contributed by atoms with E-state index in [0.29, 0.717) is 10.8 Å². The molecule has 1 N–H and O–H groups in total. The van der Waals surface area contributed by atoms with Gasteiger partial charge < -0.3 is 14.4 Å². The van der Waals surface area contributed by atoms with Gasteiger partial charge in [0.25, 0.3) is 5.91 Å².